The molecule has 2 aromatic rings. The van der Waals surface area contributed by atoms with E-state index in [1.807, 2.05) is 12.3 Å². The molecule has 22 heavy (non-hydrogen) atoms. The van der Waals surface area contributed by atoms with Crippen LogP contribution in [0.3, 0.4) is 0 Å². The van der Waals surface area contributed by atoms with Crippen LogP contribution in [-0.2, 0) is 13.0 Å². The second-order valence-corrected chi connectivity index (χ2v) is 6.46. The lowest BCUT2D eigenvalue weighted by Gasteiger charge is -2.23. The molecule has 1 atom stereocenters. The van der Waals surface area contributed by atoms with E-state index in [1.54, 1.807) is 0 Å². The van der Waals surface area contributed by atoms with Crippen LogP contribution in [0, 0.1) is 0 Å². The minimum absolute atomic E-state index is 0.639. The zero-order valence-corrected chi connectivity index (χ0v) is 14.0. The van der Waals surface area contributed by atoms with Crippen molar-refractivity contribution in [1.29, 1.82) is 0 Å². The second-order valence-electron chi connectivity index (χ2n) is 6.46. The highest BCUT2D eigenvalue weighted by Crippen LogP contribution is 2.22. The van der Waals surface area contributed by atoms with Crippen molar-refractivity contribution < 1.29 is 0 Å². The Morgan fingerprint density at radius 3 is 3.00 bits per heavy atom. The van der Waals surface area contributed by atoms with Gasteiger partial charge in [-0.2, -0.15) is 0 Å². The van der Waals surface area contributed by atoms with E-state index >= 15 is 0 Å². The molecular formula is C17H27N5. The maximum atomic E-state index is 4.88. The molecular weight excluding hydrogens is 274 g/mol. The van der Waals surface area contributed by atoms with Gasteiger partial charge in [-0.15, -0.1) is 0 Å². The molecule has 0 bridgehead atoms. The normalized spacial score (nSPS) is 19.5. The predicted octanol–water partition coefficient (Wildman–Crippen LogP) is 2.02. The first kappa shape index (κ1) is 15.4. The largest absolute Gasteiger partial charge is 0.311 e. The standard InChI is InChI=1S/C17H27N5/c1-4-21-10-6-7-14(21)13-16-19-15-8-5-9-18-17(15)22(16)12-11-20(2)3/h5,8-9,14H,4,6-7,10-13H2,1-3H3. The van der Waals surface area contributed by atoms with Crippen LogP contribution in [0.1, 0.15) is 25.6 Å². The first-order valence-electron chi connectivity index (χ1n) is 8.38. The average molecular weight is 301 g/mol. The summed E-state index contributed by atoms with van der Waals surface area (Å²) in [5, 5.41) is 0. The number of pyridine rings is 1. The summed E-state index contributed by atoms with van der Waals surface area (Å²) < 4.78 is 2.32. The first-order chi connectivity index (χ1) is 10.7. The molecule has 0 aromatic carbocycles. The van der Waals surface area contributed by atoms with Crippen LogP contribution in [0.25, 0.3) is 11.2 Å². The van der Waals surface area contributed by atoms with E-state index in [2.05, 4.69) is 46.4 Å². The molecule has 0 amide bonds. The molecule has 1 aliphatic heterocycles. The van der Waals surface area contributed by atoms with Gasteiger partial charge in [-0.1, -0.05) is 6.92 Å². The fourth-order valence-corrected chi connectivity index (χ4v) is 3.45. The molecule has 3 heterocycles. The number of hydrogen-bond acceptors (Lipinski definition) is 4. The fourth-order valence-electron chi connectivity index (χ4n) is 3.45. The fraction of sp³-hybridized carbons (Fsp3) is 0.647. The zero-order valence-electron chi connectivity index (χ0n) is 14.0. The third-order valence-electron chi connectivity index (χ3n) is 4.68. The molecule has 1 fully saturated rings. The van der Waals surface area contributed by atoms with E-state index in [1.165, 1.54) is 25.2 Å². The van der Waals surface area contributed by atoms with Crippen LogP contribution < -0.4 is 0 Å². The van der Waals surface area contributed by atoms with Crippen molar-refractivity contribution in [2.45, 2.75) is 38.8 Å². The third-order valence-corrected chi connectivity index (χ3v) is 4.68. The molecule has 1 aliphatic rings. The van der Waals surface area contributed by atoms with Gasteiger partial charge in [0.1, 0.15) is 11.3 Å². The van der Waals surface area contributed by atoms with Crippen molar-refractivity contribution in [3.8, 4) is 0 Å². The molecule has 0 saturated carbocycles. The Kier molecular flexibility index (Phi) is 4.74. The first-order valence-corrected chi connectivity index (χ1v) is 8.38. The number of fused-ring (bicyclic) bond motifs is 1. The van der Waals surface area contributed by atoms with Crippen molar-refractivity contribution in [2.24, 2.45) is 0 Å². The van der Waals surface area contributed by atoms with E-state index < -0.39 is 0 Å². The summed E-state index contributed by atoms with van der Waals surface area (Å²) >= 11 is 0. The van der Waals surface area contributed by atoms with E-state index in [0.717, 1.165) is 37.2 Å². The summed E-state index contributed by atoms with van der Waals surface area (Å²) in [4.78, 5) is 14.2. The molecule has 1 saturated heterocycles. The Hall–Kier alpha value is -1.46. The van der Waals surface area contributed by atoms with Crippen molar-refractivity contribution in [2.75, 3.05) is 33.7 Å². The molecule has 5 nitrogen and oxygen atoms in total. The van der Waals surface area contributed by atoms with Crippen LogP contribution in [0.15, 0.2) is 18.3 Å². The second kappa shape index (κ2) is 6.75. The van der Waals surface area contributed by atoms with Gasteiger partial charge in [0, 0.05) is 31.7 Å². The van der Waals surface area contributed by atoms with Crippen LogP contribution in [-0.4, -0.2) is 64.1 Å². The van der Waals surface area contributed by atoms with Gasteiger partial charge in [0.25, 0.3) is 0 Å². The number of aromatic nitrogens is 3. The van der Waals surface area contributed by atoms with Gasteiger partial charge in [-0.25, -0.2) is 9.97 Å². The van der Waals surface area contributed by atoms with Gasteiger partial charge in [0.15, 0.2) is 5.65 Å². The minimum atomic E-state index is 0.639. The lowest BCUT2D eigenvalue weighted by molar-refractivity contribution is 0.261. The molecule has 5 heteroatoms. The number of likely N-dealkylation sites (N-methyl/N-ethyl adjacent to an activating group) is 2. The quantitative estimate of drug-likeness (QED) is 0.818. The molecule has 0 spiro atoms. The van der Waals surface area contributed by atoms with Crippen LogP contribution >= 0.6 is 0 Å². The minimum Gasteiger partial charge on any atom is -0.311 e. The zero-order chi connectivity index (χ0) is 15.5. The monoisotopic (exact) mass is 301 g/mol. The van der Waals surface area contributed by atoms with Crippen LogP contribution in [0.5, 0.6) is 0 Å². The number of imidazole rings is 1. The highest BCUT2D eigenvalue weighted by Gasteiger charge is 2.25. The molecule has 3 rings (SSSR count). The topological polar surface area (TPSA) is 37.2 Å². The maximum Gasteiger partial charge on any atom is 0.160 e. The highest BCUT2D eigenvalue weighted by molar-refractivity contribution is 5.71. The summed E-state index contributed by atoms with van der Waals surface area (Å²) in [6, 6.07) is 4.69. The number of rotatable bonds is 6. The van der Waals surface area contributed by atoms with Crippen molar-refractivity contribution >= 4 is 11.2 Å². The van der Waals surface area contributed by atoms with Crippen LogP contribution in [0.2, 0.25) is 0 Å². The molecule has 0 aliphatic carbocycles. The van der Waals surface area contributed by atoms with Crippen molar-refractivity contribution in [1.82, 2.24) is 24.3 Å². The van der Waals surface area contributed by atoms with Gasteiger partial charge in [-0.3, -0.25) is 0 Å². The van der Waals surface area contributed by atoms with E-state index in [-0.39, 0.29) is 0 Å². The number of hydrogen-bond donors (Lipinski definition) is 0. The Bertz CT molecular complexity index is 619. The summed E-state index contributed by atoms with van der Waals surface area (Å²) in [6.45, 7) is 6.60. The van der Waals surface area contributed by atoms with Gasteiger partial charge in [-0.05, 0) is 52.2 Å². The highest BCUT2D eigenvalue weighted by atomic mass is 15.2. The molecule has 2 aromatic heterocycles. The molecule has 120 valence electrons. The number of nitrogens with zero attached hydrogens (tertiary/aromatic N) is 5. The van der Waals surface area contributed by atoms with E-state index in [9.17, 15) is 0 Å². The summed E-state index contributed by atoms with van der Waals surface area (Å²) in [6.07, 6.45) is 5.51. The predicted molar refractivity (Wildman–Crippen MR) is 90.1 cm³/mol. The van der Waals surface area contributed by atoms with E-state index in [4.69, 9.17) is 4.98 Å². The van der Waals surface area contributed by atoms with Crippen LogP contribution in [0.4, 0.5) is 0 Å². The number of likely N-dealkylation sites (tertiary alicyclic amines) is 1. The molecule has 0 N–H and O–H groups in total. The Morgan fingerprint density at radius 2 is 2.23 bits per heavy atom. The van der Waals surface area contributed by atoms with Crippen molar-refractivity contribution in [3.63, 3.8) is 0 Å². The SMILES string of the molecule is CCN1CCCC1Cc1nc2cccnc2n1CCN(C)C. The van der Waals surface area contributed by atoms with Gasteiger partial charge in [0.2, 0.25) is 0 Å². The Morgan fingerprint density at radius 1 is 1.36 bits per heavy atom. The molecule has 0 radical (unpaired) electrons. The Labute approximate surface area is 132 Å². The average Bonchev–Trinajstić information content (AvgIpc) is 3.09. The summed E-state index contributed by atoms with van der Waals surface area (Å²) in [5.74, 6) is 1.20. The smallest absolute Gasteiger partial charge is 0.160 e. The van der Waals surface area contributed by atoms with Gasteiger partial charge < -0.3 is 14.4 Å². The lowest BCUT2D eigenvalue weighted by Crippen LogP contribution is -2.32. The van der Waals surface area contributed by atoms with Crippen molar-refractivity contribution in [3.05, 3.63) is 24.2 Å². The third kappa shape index (κ3) is 3.15. The van der Waals surface area contributed by atoms with E-state index in [0.29, 0.717) is 6.04 Å². The Balaban J connectivity index is 1.88. The van der Waals surface area contributed by atoms with Gasteiger partial charge >= 0.3 is 0 Å². The lowest BCUT2D eigenvalue weighted by atomic mass is 10.1. The summed E-state index contributed by atoms with van der Waals surface area (Å²) in [5.41, 5.74) is 2.05. The summed E-state index contributed by atoms with van der Waals surface area (Å²) in [7, 11) is 4.23. The van der Waals surface area contributed by atoms with Gasteiger partial charge in [0.05, 0.1) is 0 Å². The maximum absolute atomic E-state index is 4.88. The molecule has 1 unspecified atom stereocenters.